The zero-order valence-corrected chi connectivity index (χ0v) is 13.2. The van der Waals surface area contributed by atoms with Crippen molar-refractivity contribution in [2.75, 3.05) is 12.4 Å². The second-order valence-electron chi connectivity index (χ2n) is 4.44. The van der Waals surface area contributed by atoms with Crippen molar-refractivity contribution in [2.45, 2.75) is 24.8 Å². The maximum atomic E-state index is 12.3. The highest BCUT2D eigenvalue weighted by atomic mass is 32.2. The smallest absolute Gasteiger partial charge is 0.241 e. The van der Waals surface area contributed by atoms with Crippen LogP contribution in [0, 0.1) is 6.92 Å². The molecule has 1 aromatic carbocycles. The Morgan fingerprint density at radius 2 is 1.90 bits per heavy atom. The van der Waals surface area contributed by atoms with Gasteiger partial charge in [0, 0.05) is 23.8 Å². The Kier molecular flexibility index (Phi) is 4.42. The Hall–Kier alpha value is -1.44. The van der Waals surface area contributed by atoms with Crippen molar-refractivity contribution in [1.29, 1.82) is 0 Å². The number of benzene rings is 1. The van der Waals surface area contributed by atoms with Crippen LogP contribution in [0.15, 0.2) is 34.5 Å². The zero-order valence-electron chi connectivity index (χ0n) is 11.5. The minimum absolute atomic E-state index is 0.247. The third kappa shape index (κ3) is 3.36. The highest BCUT2D eigenvalue weighted by Crippen LogP contribution is 2.21. The SMILES string of the molecule is CNc1ccc(S(=O)(=O)NC(C)c2nc(C)cs2)cc1. The van der Waals surface area contributed by atoms with Crippen molar-refractivity contribution in [3.63, 3.8) is 0 Å². The van der Waals surface area contributed by atoms with E-state index in [0.29, 0.717) is 0 Å². The van der Waals surface area contributed by atoms with Gasteiger partial charge in [-0.1, -0.05) is 0 Å². The number of nitrogens with one attached hydrogen (secondary N) is 2. The average Bonchev–Trinajstić information content (AvgIpc) is 2.85. The molecule has 2 rings (SSSR count). The van der Waals surface area contributed by atoms with E-state index < -0.39 is 10.0 Å². The summed E-state index contributed by atoms with van der Waals surface area (Å²) in [6.07, 6.45) is 0. The first-order chi connectivity index (χ1) is 9.42. The normalized spacial score (nSPS) is 13.2. The number of nitrogens with zero attached hydrogens (tertiary/aromatic N) is 1. The molecule has 1 heterocycles. The van der Waals surface area contributed by atoms with Crippen molar-refractivity contribution < 1.29 is 8.42 Å². The van der Waals surface area contributed by atoms with Gasteiger partial charge in [0.15, 0.2) is 0 Å². The van der Waals surface area contributed by atoms with Crippen molar-refractivity contribution in [3.8, 4) is 0 Å². The molecule has 0 aliphatic carbocycles. The summed E-state index contributed by atoms with van der Waals surface area (Å²) in [5.41, 5.74) is 1.77. The lowest BCUT2D eigenvalue weighted by Crippen LogP contribution is -2.26. The lowest BCUT2D eigenvalue weighted by Gasteiger charge is -2.12. The largest absolute Gasteiger partial charge is 0.388 e. The highest BCUT2D eigenvalue weighted by Gasteiger charge is 2.19. The predicted molar refractivity (Wildman–Crippen MR) is 81.6 cm³/mol. The molecule has 2 N–H and O–H groups in total. The Bertz CT molecular complexity index is 678. The Labute approximate surface area is 123 Å². The van der Waals surface area contributed by atoms with Gasteiger partial charge < -0.3 is 5.32 Å². The Morgan fingerprint density at radius 1 is 1.25 bits per heavy atom. The summed E-state index contributed by atoms with van der Waals surface area (Å²) < 4.78 is 27.2. The van der Waals surface area contributed by atoms with Gasteiger partial charge in [-0.15, -0.1) is 11.3 Å². The molecule has 0 fully saturated rings. The molecule has 0 aliphatic rings. The van der Waals surface area contributed by atoms with Gasteiger partial charge in [0.2, 0.25) is 10.0 Å². The fraction of sp³-hybridized carbons (Fsp3) is 0.308. The molecule has 20 heavy (non-hydrogen) atoms. The van der Waals surface area contributed by atoms with E-state index in [2.05, 4.69) is 15.0 Å². The second kappa shape index (κ2) is 5.90. The molecule has 0 spiro atoms. The molecule has 1 unspecified atom stereocenters. The van der Waals surface area contributed by atoms with Crippen molar-refractivity contribution in [2.24, 2.45) is 0 Å². The molecule has 0 amide bonds. The summed E-state index contributed by atoms with van der Waals surface area (Å²) >= 11 is 1.45. The third-order valence-electron chi connectivity index (χ3n) is 2.79. The second-order valence-corrected chi connectivity index (χ2v) is 7.05. The first-order valence-corrected chi connectivity index (χ1v) is 8.51. The van der Waals surface area contributed by atoms with Gasteiger partial charge >= 0.3 is 0 Å². The molecular formula is C13H17N3O2S2. The van der Waals surface area contributed by atoms with E-state index in [1.807, 2.05) is 12.3 Å². The summed E-state index contributed by atoms with van der Waals surface area (Å²) in [7, 11) is -1.75. The molecule has 5 nitrogen and oxygen atoms in total. The van der Waals surface area contributed by atoms with E-state index in [4.69, 9.17) is 0 Å². The number of anilines is 1. The van der Waals surface area contributed by atoms with Crippen LogP contribution in [-0.4, -0.2) is 20.4 Å². The molecule has 0 radical (unpaired) electrons. The highest BCUT2D eigenvalue weighted by molar-refractivity contribution is 7.89. The summed E-state index contributed by atoms with van der Waals surface area (Å²) in [6.45, 7) is 3.68. The molecule has 0 saturated carbocycles. The van der Waals surface area contributed by atoms with Crippen LogP contribution in [0.3, 0.4) is 0 Å². The fourth-order valence-electron chi connectivity index (χ4n) is 1.72. The molecule has 0 saturated heterocycles. The number of aromatic nitrogens is 1. The van der Waals surface area contributed by atoms with E-state index >= 15 is 0 Å². The molecule has 7 heteroatoms. The van der Waals surface area contributed by atoms with E-state index in [9.17, 15) is 8.42 Å². The van der Waals surface area contributed by atoms with E-state index in [1.54, 1.807) is 38.2 Å². The van der Waals surface area contributed by atoms with E-state index in [-0.39, 0.29) is 10.9 Å². The number of aryl methyl sites for hydroxylation is 1. The monoisotopic (exact) mass is 311 g/mol. The summed E-state index contributed by atoms with van der Waals surface area (Å²) in [4.78, 5) is 4.54. The van der Waals surface area contributed by atoms with Crippen molar-refractivity contribution in [1.82, 2.24) is 9.71 Å². The van der Waals surface area contributed by atoms with Crippen LogP contribution in [0.5, 0.6) is 0 Å². The molecule has 1 atom stereocenters. The third-order valence-corrected chi connectivity index (χ3v) is 5.49. The van der Waals surface area contributed by atoms with Crippen LogP contribution in [-0.2, 0) is 10.0 Å². The molecule has 1 aromatic heterocycles. The maximum Gasteiger partial charge on any atom is 0.241 e. The standard InChI is InChI=1S/C13H17N3O2S2/c1-9-8-19-13(15-9)10(2)16-20(17,18)12-6-4-11(14-3)5-7-12/h4-8,10,14,16H,1-3H3. The first kappa shape index (κ1) is 15.0. The lowest BCUT2D eigenvalue weighted by atomic mass is 10.3. The number of sulfonamides is 1. The molecule has 2 aromatic rings. The summed E-state index contributed by atoms with van der Waals surface area (Å²) in [5, 5.41) is 5.62. The van der Waals surface area contributed by atoms with Crippen LogP contribution in [0.25, 0.3) is 0 Å². The number of hydrogen-bond donors (Lipinski definition) is 2. The summed E-state index contributed by atoms with van der Waals surface area (Å²) in [6, 6.07) is 6.27. The quantitative estimate of drug-likeness (QED) is 0.890. The van der Waals surface area contributed by atoms with Gasteiger partial charge in [-0.25, -0.2) is 18.1 Å². The van der Waals surface area contributed by atoms with Crippen molar-refractivity contribution >= 4 is 27.0 Å². The number of hydrogen-bond acceptors (Lipinski definition) is 5. The van der Waals surface area contributed by atoms with Gasteiger partial charge in [0.25, 0.3) is 0 Å². The lowest BCUT2D eigenvalue weighted by molar-refractivity contribution is 0.566. The van der Waals surface area contributed by atoms with Gasteiger partial charge in [0.1, 0.15) is 5.01 Å². The average molecular weight is 311 g/mol. The Morgan fingerprint density at radius 3 is 2.40 bits per heavy atom. The minimum Gasteiger partial charge on any atom is -0.388 e. The molecule has 0 aliphatic heterocycles. The van der Waals surface area contributed by atoms with Gasteiger partial charge in [-0.3, -0.25) is 0 Å². The van der Waals surface area contributed by atoms with Crippen LogP contribution < -0.4 is 10.0 Å². The predicted octanol–water partition coefficient (Wildman–Crippen LogP) is 2.53. The molecule has 0 bridgehead atoms. The van der Waals surface area contributed by atoms with Gasteiger partial charge in [0.05, 0.1) is 10.9 Å². The van der Waals surface area contributed by atoms with E-state index in [0.717, 1.165) is 16.4 Å². The molecule has 108 valence electrons. The Balaban J connectivity index is 2.17. The number of thiazole rings is 1. The maximum absolute atomic E-state index is 12.3. The topological polar surface area (TPSA) is 71.1 Å². The van der Waals surface area contributed by atoms with Crippen LogP contribution >= 0.6 is 11.3 Å². The summed E-state index contributed by atoms with van der Waals surface area (Å²) in [5.74, 6) is 0. The fourth-order valence-corrected chi connectivity index (χ4v) is 3.81. The van der Waals surface area contributed by atoms with E-state index in [1.165, 1.54) is 11.3 Å². The zero-order chi connectivity index (χ0) is 14.8. The first-order valence-electron chi connectivity index (χ1n) is 6.14. The number of rotatable bonds is 5. The van der Waals surface area contributed by atoms with Crippen LogP contribution in [0.4, 0.5) is 5.69 Å². The minimum atomic E-state index is -3.53. The van der Waals surface area contributed by atoms with Crippen LogP contribution in [0.2, 0.25) is 0 Å². The van der Waals surface area contributed by atoms with Crippen LogP contribution in [0.1, 0.15) is 23.7 Å². The molecular weight excluding hydrogens is 294 g/mol. The van der Waals surface area contributed by atoms with Gasteiger partial charge in [-0.05, 0) is 38.1 Å². The van der Waals surface area contributed by atoms with Crippen molar-refractivity contribution in [3.05, 3.63) is 40.3 Å². The van der Waals surface area contributed by atoms with Gasteiger partial charge in [-0.2, -0.15) is 0 Å².